The summed E-state index contributed by atoms with van der Waals surface area (Å²) >= 11 is 1.31. The van der Waals surface area contributed by atoms with Crippen molar-refractivity contribution in [1.29, 1.82) is 0 Å². The second-order valence-electron chi connectivity index (χ2n) is 5.16. The number of rotatable bonds is 6. The lowest BCUT2D eigenvalue weighted by Crippen LogP contribution is -2.28. The first-order valence-electron chi connectivity index (χ1n) is 6.86. The summed E-state index contributed by atoms with van der Waals surface area (Å²) in [5.41, 5.74) is 0.884. The van der Waals surface area contributed by atoms with Crippen LogP contribution in [-0.2, 0) is 11.3 Å². The maximum atomic E-state index is 12.9. The topological polar surface area (TPSA) is 63.9 Å². The van der Waals surface area contributed by atoms with E-state index in [1.54, 1.807) is 28.8 Å². The molecular formula is C14H18FN5OS. The van der Waals surface area contributed by atoms with Crippen LogP contribution < -0.4 is 0 Å². The minimum Gasteiger partial charge on any atom is -0.341 e. The molecule has 22 heavy (non-hydrogen) atoms. The molecule has 0 radical (unpaired) electrons. The molecule has 0 N–H and O–H groups in total. The molecule has 2 aromatic rings. The van der Waals surface area contributed by atoms with Crippen molar-refractivity contribution < 1.29 is 9.18 Å². The number of amides is 1. The van der Waals surface area contributed by atoms with Crippen molar-refractivity contribution in [3.63, 3.8) is 0 Å². The largest absolute Gasteiger partial charge is 0.341 e. The van der Waals surface area contributed by atoms with Gasteiger partial charge in [0.25, 0.3) is 0 Å². The Kier molecular flexibility index (Phi) is 5.48. The maximum Gasteiger partial charge on any atom is 0.233 e. The summed E-state index contributed by atoms with van der Waals surface area (Å²) in [6, 6.07) is 6.26. The third-order valence-corrected chi connectivity index (χ3v) is 3.95. The molecule has 0 saturated heterocycles. The molecule has 0 spiro atoms. The first-order chi connectivity index (χ1) is 10.5. The number of thioether (sulfide) groups is 1. The minimum absolute atomic E-state index is 0.0346. The number of carbonyl (C=O) groups is 1. The van der Waals surface area contributed by atoms with Gasteiger partial charge in [-0.05, 0) is 42.0 Å². The van der Waals surface area contributed by atoms with Crippen LogP contribution in [0.5, 0.6) is 0 Å². The van der Waals surface area contributed by atoms with Crippen LogP contribution in [0.4, 0.5) is 4.39 Å². The molecule has 6 nitrogen and oxygen atoms in total. The average Bonchev–Trinajstić information content (AvgIpc) is 2.95. The summed E-state index contributed by atoms with van der Waals surface area (Å²) in [7, 11) is 1.72. The van der Waals surface area contributed by atoms with Gasteiger partial charge < -0.3 is 4.90 Å². The van der Waals surface area contributed by atoms with Gasteiger partial charge in [-0.25, -0.2) is 9.07 Å². The first-order valence-corrected chi connectivity index (χ1v) is 7.85. The number of halogens is 1. The van der Waals surface area contributed by atoms with E-state index in [0.717, 1.165) is 5.56 Å². The van der Waals surface area contributed by atoms with E-state index in [2.05, 4.69) is 15.5 Å². The molecule has 0 bridgehead atoms. The molecule has 1 heterocycles. The van der Waals surface area contributed by atoms with E-state index in [0.29, 0.717) is 11.7 Å². The molecule has 0 aliphatic heterocycles. The predicted octanol–water partition coefficient (Wildman–Crippen LogP) is 2.14. The molecule has 1 amide bonds. The summed E-state index contributed by atoms with van der Waals surface area (Å²) in [5, 5.41) is 12.1. The van der Waals surface area contributed by atoms with E-state index in [4.69, 9.17) is 0 Å². The van der Waals surface area contributed by atoms with E-state index in [1.807, 2.05) is 13.8 Å². The van der Waals surface area contributed by atoms with Crippen LogP contribution in [0.1, 0.15) is 25.5 Å². The van der Waals surface area contributed by atoms with Gasteiger partial charge >= 0.3 is 0 Å². The molecule has 0 fully saturated rings. The van der Waals surface area contributed by atoms with Crippen molar-refractivity contribution in [1.82, 2.24) is 25.1 Å². The van der Waals surface area contributed by atoms with Gasteiger partial charge in [-0.1, -0.05) is 23.9 Å². The van der Waals surface area contributed by atoms with Crippen molar-refractivity contribution in [3.8, 4) is 0 Å². The highest BCUT2D eigenvalue weighted by Gasteiger charge is 2.14. The zero-order valence-corrected chi connectivity index (χ0v) is 13.5. The van der Waals surface area contributed by atoms with Crippen LogP contribution in [0, 0.1) is 5.82 Å². The fraction of sp³-hybridized carbons (Fsp3) is 0.429. The van der Waals surface area contributed by atoms with E-state index >= 15 is 0 Å². The van der Waals surface area contributed by atoms with Crippen molar-refractivity contribution in [3.05, 3.63) is 35.6 Å². The van der Waals surface area contributed by atoms with Crippen molar-refractivity contribution in [2.24, 2.45) is 0 Å². The van der Waals surface area contributed by atoms with Crippen LogP contribution >= 0.6 is 11.8 Å². The molecule has 0 aliphatic carbocycles. The van der Waals surface area contributed by atoms with E-state index in [1.165, 1.54) is 23.9 Å². The molecule has 0 aliphatic rings. The fourth-order valence-corrected chi connectivity index (χ4v) is 2.74. The summed E-state index contributed by atoms with van der Waals surface area (Å²) < 4.78 is 14.5. The smallest absolute Gasteiger partial charge is 0.233 e. The lowest BCUT2D eigenvalue weighted by atomic mass is 10.2. The molecule has 0 unspecified atom stereocenters. The van der Waals surface area contributed by atoms with Crippen LogP contribution in [-0.4, -0.2) is 43.8 Å². The van der Waals surface area contributed by atoms with Crippen molar-refractivity contribution in [2.45, 2.75) is 31.6 Å². The van der Waals surface area contributed by atoms with Gasteiger partial charge in [0.1, 0.15) is 5.82 Å². The minimum atomic E-state index is -0.284. The monoisotopic (exact) mass is 323 g/mol. The van der Waals surface area contributed by atoms with Gasteiger partial charge in [-0.3, -0.25) is 4.79 Å². The summed E-state index contributed by atoms with van der Waals surface area (Å²) in [6.07, 6.45) is 0. The molecular weight excluding hydrogens is 305 g/mol. The number of aromatic nitrogens is 4. The molecule has 2 rings (SSSR count). The number of benzene rings is 1. The number of hydrogen-bond donors (Lipinski definition) is 0. The van der Waals surface area contributed by atoms with E-state index < -0.39 is 0 Å². The third kappa shape index (κ3) is 4.27. The van der Waals surface area contributed by atoms with Crippen LogP contribution in [0.3, 0.4) is 0 Å². The van der Waals surface area contributed by atoms with Gasteiger partial charge in [0.05, 0.1) is 11.8 Å². The SMILES string of the molecule is CC(C)n1nnnc1SCC(=O)N(C)Cc1ccc(F)cc1. The number of nitrogens with zero attached hydrogens (tertiary/aromatic N) is 5. The Bertz CT molecular complexity index is 628. The molecule has 118 valence electrons. The fourth-order valence-electron chi connectivity index (χ4n) is 1.79. The Hall–Kier alpha value is -1.96. The van der Waals surface area contributed by atoms with Crippen LogP contribution in [0.2, 0.25) is 0 Å². The van der Waals surface area contributed by atoms with Crippen LogP contribution in [0.25, 0.3) is 0 Å². The van der Waals surface area contributed by atoms with Gasteiger partial charge in [0.2, 0.25) is 11.1 Å². The van der Waals surface area contributed by atoms with Crippen LogP contribution in [0.15, 0.2) is 29.4 Å². The zero-order valence-electron chi connectivity index (χ0n) is 12.7. The van der Waals surface area contributed by atoms with Crippen molar-refractivity contribution >= 4 is 17.7 Å². The zero-order chi connectivity index (χ0) is 16.1. The second kappa shape index (κ2) is 7.35. The average molecular weight is 323 g/mol. The number of carbonyl (C=O) groups excluding carboxylic acids is 1. The highest BCUT2D eigenvalue weighted by atomic mass is 32.2. The quantitative estimate of drug-likeness (QED) is 0.762. The van der Waals surface area contributed by atoms with Crippen molar-refractivity contribution in [2.75, 3.05) is 12.8 Å². The maximum absolute atomic E-state index is 12.9. The van der Waals surface area contributed by atoms with Gasteiger partial charge in [-0.15, -0.1) is 5.10 Å². The normalized spacial score (nSPS) is 11.0. The lowest BCUT2D eigenvalue weighted by molar-refractivity contribution is -0.127. The molecule has 1 aromatic heterocycles. The highest BCUT2D eigenvalue weighted by Crippen LogP contribution is 2.18. The Balaban J connectivity index is 1.88. The number of hydrogen-bond acceptors (Lipinski definition) is 5. The second-order valence-corrected chi connectivity index (χ2v) is 6.11. The van der Waals surface area contributed by atoms with E-state index in [9.17, 15) is 9.18 Å². The molecule has 1 aromatic carbocycles. The molecule has 0 atom stereocenters. The summed E-state index contributed by atoms with van der Waals surface area (Å²) in [4.78, 5) is 13.7. The van der Waals surface area contributed by atoms with Gasteiger partial charge in [0, 0.05) is 13.6 Å². The molecule has 0 saturated carbocycles. The Labute approximate surface area is 132 Å². The highest BCUT2D eigenvalue weighted by molar-refractivity contribution is 7.99. The predicted molar refractivity (Wildman–Crippen MR) is 81.8 cm³/mol. The number of tetrazole rings is 1. The summed E-state index contributed by atoms with van der Waals surface area (Å²) in [6.45, 7) is 4.39. The Morgan fingerprint density at radius 1 is 1.36 bits per heavy atom. The van der Waals surface area contributed by atoms with E-state index in [-0.39, 0.29) is 23.5 Å². The third-order valence-electron chi connectivity index (χ3n) is 3.04. The molecule has 8 heteroatoms. The van der Waals surface area contributed by atoms with Gasteiger partial charge in [-0.2, -0.15) is 0 Å². The lowest BCUT2D eigenvalue weighted by Gasteiger charge is -2.17. The summed E-state index contributed by atoms with van der Waals surface area (Å²) in [5.74, 6) is -0.0634. The Morgan fingerprint density at radius 2 is 2.05 bits per heavy atom. The standard InChI is InChI=1S/C14H18FN5OS/c1-10(2)20-14(16-17-18-20)22-9-13(21)19(3)8-11-4-6-12(15)7-5-11/h4-7,10H,8-9H2,1-3H3. The first kappa shape index (κ1) is 16.4. The van der Waals surface area contributed by atoms with Gasteiger partial charge in [0.15, 0.2) is 0 Å². The Morgan fingerprint density at radius 3 is 2.68 bits per heavy atom.